The van der Waals surface area contributed by atoms with Crippen LogP contribution in [0.5, 0.6) is 0 Å². The maximum absolute atomic E-state index is 11.0. The number of hydrogen-bond acceptors (Lipinski definition) is 4. The molecule has 4 nitrogen and oxygen atoms in total. The van der Waals surface area contributed by atoms with Gasteiger partial charge in [-0.1, -0.05) is 12.1 Å². The summed E-state index contributed by atoms with van der Waals surface area (Å²) in [6.07, 6.45) is 0. The molecule has 0 aliphatic rings. The van der Waals surface area contributed by atoms with Crippen LogP contribution in [0.4, 0.5) is 10.8 Å². The fourth-order valence-corrected chi connectivity index (χ4v) is 2.61. The summed E-state index contributed by atoms with van der Waals surface area (Å²) in [6.45, 7) is 3.57. The quantitative estimate of drug-likeness (QED) is 0.936. The maximum Gasteiger partial charge on any atom is 0.221 e. The molecule has 1 aromatic heterocycles. The second kappa shape index (κ2) is 5.40. The molecule has 0 unspecified atom stereocenters. The molecule has 1 amide bonds. The van der Waals surface area contributed by atoms with Crippen LogP contribution in [0, 0.1) is 6.92 Å². The lowest BCUT2D eigenvalue weighted by Crippen LogP contribution is -2.07. The molecule has 0 bridgehead atoms. The Balaban J connectivity index is 2.29. The zero-order chi connectivity index (χ0) is 14.0. The van der Waals surface area contributed by atoms with Crippen LogP contribution in [0.3, 0.4) is 0 Å². The lowest BCUT2D eigenvalue weighted by atomic mass is 10.1. The normalized spacial score (nSPS) is 10.3. The van der Waals surface area contributed by atoms with Crippen molar-refractivity contribution in [2.75, 3.05) is 24.3 Å². The average molecular weight is 275 g/mol. The van der Waals surface area contributed by atoms with Gasteiger partial charge >= 0.3 is 0 Å². The molecule has 100 valence electrons. The third-order valence-electron chi connectivity index (χ3n) is 2.65. The molecular weight excluding hydrogens is 258 g/mol. The Kier molecular flexibility index (Phi) is 3.85. The molecule has 0 aliphatic heterocycles. The highest BCUT2D eigenvalue weighted by Gasteiger charge is 2.10. The van der Waals surface area contributed by atoms with Gasteiger partial charge in [0.05, 0.1) is 5.69 Å². The van der Waals surface area contributed by atoms with Crippen molar-refractivity contribution in [2.24, 2.45) is 0 Å². The highest BCUT2D eigenvalue weighted by Crippen LogP contribution is 2.31. The minimum Gasteiger partial charge on any atom is -0.354 e. The molecule has 2 aromatic rings. The SMILES string of the molecule is CC(=O)Nc1ccc(-c2nc(N(C)C)sc2C)cc1. The molecule has 1 aromatic carbocycles. The van der Waals surface area contributed by atoms with E-state index in [-0.39, 0.29) is 5.91 Å². The molecule has 0 atom stereocenters. The highest BCUT2D eigenvalue weighted by atomic mass is 32.1. The number of nitrogens with one attached hydrogen (secondary N) is 1. The summed E-state index contributed by atoms with van der Waals surface area (Å²) in [5, 5.41) is 3.76. The van der Waals surface area contributed by atoms with Crippen molar-refractivity contribution in [2.45, 2.75) is 13.8 Å². The monoisotopic (exact) mass is 275 g/mol. The number of aryl methyl sites for hydroxylation is 1. The molecule has 0 aliphatic carbocycles. The first-order valence-corrected chi connectivity index (χ1v) is 6.82. The van der Waals surface area contributed by atoms with Crippen molar-refractivity contribution in [3.05, 3.63) is 29.1 Å². The maximum atomic E-state index is 11.0. The van der Waals surface area contributed by atoms with E-state index in [2.05, 4.69) is 17.2 Å². The molecule has 0 spiro atoms. The average Bonchev–Trinajstić information content (AvgIpc) is 2.72. The van der Waals surface area contributed by atoms with E-state index in [1.54, 1.807) is 11.3 Å². The van der Waals surface area contributed by atoms with Gasteiger partial charge in [0.1, 0.15) is 0 Å². The van der Waals surface area contributed by atoms with Crippen molar-refractivity contribution >= 4 is 28.1 Å². The first-order chi connectivity index (χ1) is 8.97. The molecule has 1 heterocycles. The van der Waals surface area contributed by atoms with Crippen LogP contribution >= 0.6 is 11.3 Å². The van der Waals surface area contributed by atoms with Crippen molar-refractivity contribution < 1.29 is 4.79 Å². The second-order valence-electron chi connectivity index (χ2n) is 4.55. The van der Waals surface area contributed by atoms with Crippen LogP contribution in [0.1, 0.15) is 11.8 Å². The van der Waals surface area contributed by atoms with Crippen molar-refractivity contribution in [1.29, 1.82) is 0 Å². The van der Waals surface area contributed by atoms with E-state index < -0.39 is 0 Å². The summed E-state index contributed by atoms with van der Waals surface area (Å²) in [5.74, 6) is -0.0625. The Bertz CT molecular complexity index is 587. The second-order valence-corrected chi connectivity index (χ2v) is 5.74. The summed E-state index contributed by atoms with van der Waals surface area (Å²) in [4.78, 5) is 18.8. The fraction of sp³-hybridized carbons (Fsp3) is 0.286. The van der Waals surface area contributed by atoms with E-state index in [0.717, 1.165) is 22.1 Å². The summed E-state index contributed by atoms with van der Waals surface area (Å²) in [7, 11) is 3.98. The zero-order valence-corrected chi connectivity index (χ0v) is 12.3. The van der Waals surface area contributed by atoms with Gasteiger partial charge < -0.3 is 10.2 Å². The number of thiazole rings is 1. The van der Waals surface area contributed by atoms with Gasteiger partial charge in [-0.25, -0.2) is 4.98 Å². The minimum absolute atomic E-state index is 0.0625. The van der Waals surface area contributed by atoms with E-state index in [1.165, 1.54) is 11.8 Å². The van der Waals surface area contributed by atoms with Crippen LogP contribution in [-0.4, -0.2) is 25.0 Å². The first-order valence-electron chi connectivity index (χ1n) is 6.00. The minimum atomic E-state index is -0.0625. The fourth-order valence-electron chi connectivity index (χ4n) is 1.76. The Morgan fingerprint density at radius 3 is 2.37 bits per heavy atom. The molecule has 0 saturated heterocycles. The number of hydrogen-bond donors (Lipinski definition) is 1. The smallest absolute Gasteiger partial charge is 0.221 e. The molecular formula is C14H17N3OS. The predicted octanol–water partition coefficient (Wildman–Crippen LogP) is 3.14. The van der Waals surface area contributed by atoms with Crippen LogP contribution in [0.25, 0.3) is 11.3 Å². The van der Waals surface area contributed by atoms with Gasteiger partial charge in [-0.3, -0.25) is 4.79 Å². The zero-order valence-electron chi connectivity index (χ0n) is 11.5. The van der Waals surface area contributed by atoms with E-state index in [0.29, 0.717) is 0 Å². The van der Waals surface area contributed by atoms with Gasteiger partial charge in [-0.15, -0.1) is 11.3 Å². The molecule has 5 heteroatoms. The van der Waals surface area contributed by atoms with Crippen LogP contribution < -0.4 is 10.2 Å². The highest BCUT2D eigenvalue weighted by molar-refractivity contribution is 7.16. The Morgan fingerprint density at radius 2 is 1.89 bits per heavy atom. The third kappa shape index (κ3) is 3.12. The number of benzene rings is 1. The topological polar surface area (TPSA) is 45.2 Å². The molecule has 19 heavy (non-hydrogen) atoms. The Morgan fingerprint density at radius 1 is 1.26 bits per heavy atom. The van der Waals surface area contributed by atoms with E-state index in [4.69, 9.17) is 0 Å². The number of anilines is 2. The van der Waals surface area contributed by atoms with Gasteiger partial charge in [-0.05, 0) is 19.1 Å². The number of rotatable bonds is 3. The van der Waals surface area contributed by atoms with E-state index in [9.17, 15) is 4.79 Å². The van der Waals surface area contributed by atoms with Crippen molar-refractivity contribution in [1.82, 2.24) is 4.98 Å². The van der Waals surface area contributed by atoms with E-state index >= 15 is 0 Å². The largest absolute Gasteiger partial charge is 0.354 e. The summed E-state index contributed by atoms with van der Waals surface area (Å²) in [5.41, 5.74) is 2.87. The van der Waals surface area contributed by atoms with Gasteiger partial charge in [0.2, 0.25) is 5.91 Å². The molecule has 0 saturated carbocycles. The Hall–Kier alpha value is -1.88. The Labute approximate surface area is 117 Å². The summed E-state index contributed by atoms with van der Waals surface area (Å²) in [6, 6.07) is 7.75. The molecule has 0 radical (unpaired) electrons. The number of carbonyl (C=O) groups is 1. The van der Waals surface area contributed by atoms with Crippen molar-refractivity contribution in [3.8, 4) is 11.3 Å². The molecule has 1 N–H and O–H groups in total. The summed E-state index contributed by atoms with van der Waals surface area (Å²) >= 11 is 1.68. The van der Waals surface area contributed by atoms with Gasteiger partial charge in [0.25, 0.3) is 0 Å². The van der Waals surface area contributed by atoms with E-state index in [1.807, 2.05) is 43.3 Å². The predicted molar refractivity (Wildman–Crippen MR) is 80.9 cm³/mol. The number of nitrogens with zero attached hydrogens (tertiary/aromatic N) is 2. The first kappa shape index (κ1) is 13.5. The summed E-state index contributed by atoms with van der Waals surface area (Å²) < 4.78 is 0. The van der Waals surface area contributed by atoms with Gasteiger partial charge in [0, 0.05) is 37.1 Å². The van der Waals surface area contributed by atoms with Crippen LogP contribution in [0.15, 0.2) is 24.3 Å². The number of amides is 1. The lowest BCUT2D eigenvalue weighted by molar-refractivity contribution is -0.114. The molecule has 2 rings (SSSR count). The van der Waals surface area contributed by atoms with Crippen LogP contribution in [0.2, 0.25) is 0 Å². The van der Waals surface area contributed by atoms with Gasteiger partial charge in [-0.2, -0.15) is 0 Å². The van der Waals surface area contributed by atoms with Crippen LogP contribution in [-0.2, 0) is 4.79 Å². The number of carbonyl (C=O) groups excluding carboxylic acids is 1. The standard InChI is InChI=1S/C14H17N3OS/c1-9-13(16-14(19-9)17(3)4)11-5-7-12(8-6-11)15-10(2)18/h5-8H,1-4H3,(H,15,18). The van der Waals surface area contributed by atoms with Crippen molar-refractivity contribution in [3.63, 3.8) is 0 Å². The third-order valence-corrected chi connectivity index (χ3v) is 3.79. The number of aromatic nitrogens is 1. The molecule has 0 fully saturated rings. The lowest BCUT2D eigenvalue weighted by Gasteiger charge is -2.06. The van der Waals surface area contributed by atoms with Gasteiger partial charge in [0.15, 0.2) is 5.13 Å².